The van der Waals surface area contributed by atoms with Crippen molar-refractivity contribution in [3.8, 4) is 0 Å². The lowest BCUT2D eigenvalue weighted by molar-refractivity contribution is 0.113. The first-order valence-electron chi connectivity index (χ1n) is 3.24. The minimum atomic E-state index is -3.38. The van der Waals surface area contributed by atoms with Crippen molar-refractivity contribution < 1.29 is 23.2 Å². The summed E-state index contributed by atoms with van der Waals surface area (Å²) in [5.74, 6) is 0. The van der Waals surface area contributed by atoms with Gasteiger partial charge in [0.25, 0.3) is 0 Å². The molecule has 0 aliphatic carbocycles. The van der Waals surface area contributed by atoms with E-state index in [2.05, 4.69) is 13.6 Å². The van der Waals surface area contributed by atoms with Crippen molar-refractivity contribution in [3.05, 3.63) is 0 Å². The molecule has 0 radical (unpaired) electrons. The average Bonchev–Trinajstić information content (AvgIpc) is 2.02. The monoisotopic (exact) mass is 184 g/mol. The Bertz CT molecular complexity index is 137. The highest BCUT2D eigenvalue weighted by molar-refractivity contribution is 7.48. The molecule has 0 aliphatic rings. The molecule has 5 nitrogen and oxygen atoms in total. The first kappa shape index (κ1) is 11.1. The molecule has 0 rings (SSSR count). The SMILES string of the molecule is CCOP(=O)(OC)OCCO. The smallest absolute Gasteiger partial charge is 0.394 e. The topological polar surface area (TPSA) is 65.0 Å². The fourth-order valence-electron chi connectivity index (χ4n) is 0.453. The van der Waals surface area contributed by atoms with E-state index in [-0.39, 0.29) is 19.8 Å². The summed E-state index contributed by atoms with van der Waals surface area (Å²) >= 11 is 0. The summed E-state index contributed by atoms with van der Waals surface area (Å²) in [6.07, 6.45) is 0. The zero-order valence-corrected chi connectivity index (χ0v) is 7.54. The minimum Gasteiger partial charge on any atom is -0.394 e. The Labute approximate surface area is 65.9 Å². The van der Waals surface area contributed by atoms with Crippen LogP contribution in [0.3, 0.4) is 0 Å². The Balaban J connectivity index is 3.79. The number of hydrogen-bond acceptors (Lipinski definition) is 5. The summed E-state index contributed by atoms with van der Waals surface area (Å²) in [4.78, 5) is 0. The molecule has 0 aromatic heterocycles. The predicted molar refractivity (Wildman–Crippen MR) is 39.3 cm³/mol. The van der Waals surface area contributed by atoms with Crippen molar-refractivity contribution in [2.24, 2.45) is 0 Å². The third-order valence-corrected chi connectivity index (χ3v) is 2.37. The van der Waals surface area contributed by atoms with Crippen LogP contribution in [0, 0.1) is 0 Å². The second-order valence-corrected chi connectivity index (χ2v) is 3.38. The summed E-state index contributed by atoms with van der Waals surface area (Å²) in [5.41, 5.74) is 0. The highest BCUT2D eigenvalue weighted by Crippen LogP contribution is 2.47. The van der Waals surface area contributed by atoms with Crippen LogP contribution in [0.2, 0.25) is 0 Å². The van der Waals surface area contributed by atoms with Crippen molar-refractivity contribution in [2.75, 3.05) is 26.9 Å². The quantitative estimate of drug-likeness (QED) is 0.618. The van der Waals surface area contributed by atoms with E-state index in [0.717, 1.165) is 0 Å². The maximum atomic E-state index is 11.2. The van der Waals surface area contributed by atoms with Gasteiger partial charge in [-0.3, -0.25) is 13.6 Å². The minimum absolute atomic E-state index is 0.0505. The Kier molecular flexibility index (Phi) is 5.72. The Hall–Kier alpha value is 0.0700. The fraction of sp³-hybridized carbons (Fsp3) is 1.00. The van der Waals surface area contributed by atoms with Crippen molar-refractivity contribution in [3.63, 3.8) is 0 Å². The van der Waals surface area contributed by atoms with Crippen molar-refractivity contribution in [1.82, 2.24) is 0 Å². The number of phosphoric ester groups is 1. The van der Waals surface area contributed by atoms with Gasteiger partial charge in [-0.25, -0.2) is 4.57 Å². The maximum Gasteiger partial charge on any atom is 0.474 e. The summed E-state index contributed by atoms with van der Waals surface area (Å²) < 4.78 is 25.0. The van der Waals surface area contributed by atoms with E-state index in [1.165, 1.54) is 7.11 Å². The Morgan fingerprint density at radius 2 is 2.09 bits per heavy atom. The van der Waals surface area contributed by atoms with E-state index in [0.29, 0.717) is 0 Å². The van der Waals surface area contributed by atoms with E-state index < -0.39 is 7.82 Å². The normalized spacial score (nSPS) is 16.3. The van der Waals surface area contributed by atoms with Gasteiger partial charge in [0.1, 0.15) is 0 Å². The first-order chi connectivity index (χ1) is 5.18. The second kappa shape index (κ2) is 5.69. The molecule has 11 heavy (non-hydrogen) atoms. The van der Waals surface area contributed by atoms with Gasteiger partial charge in [0.05, 0.1) is 19.8 Å². The predicted octanol–water partition coefficient (Wildman–Crippen LogP) is 0.786. The molecule has 0 amide bonds. The first-order valence-corrected chi connectivity index (χ1v) is 4.70. The number of rotatable bonds is 6. The third-order valence-electron chi connectivity index (χ3n) is 0.852. The lowest BCUT2D eigenvalue weighted by Gasteiger charge is -2.13. The molecule has 0 heterocycles. The molecule has 68 valence electrons. The highest BCUT2D eigenvalue weighted by Gasteiger charge is 2.22. The molecule has 0 saturated carbocycles. The molecule has 0 fully saturated rings. The molecule has 0 aromatic carbocycles. The van der Waals surface area contributed by atoms with Gasteiger partial charge in [-0.1, -0.05) is 0 Å². The van der Waals surface area contributed by atoms with Gasteiger partial charge < -0.3 is 5.11 Å². The third kappa shape index (κ3) is 4.50. The van der Waals surface area contributed by atoms with Crippen LogP contribution in [0.4, 0.5) is 0 Å². The number of aliphatic hydroxyl groups excluding tert-OH is 1. The molecular formula is C5H13O5P. The maximum absolute atomic E-state index is 11.2. The van der Waals surface area contributed by atoms with Crippen LogP contribution in [0.5, 0.6) is 0 Å². The zero-order chi connectivity index (χ0) is 8.74. The molecule has 0 bridgehead atoms. The standard InChI is InChI=1S/C5H13O5P/c1-3-9-11(7,8-2)10-5-4-6/h6H,3-5H2,1-2H3. The van der Waals surface area contributed by atoms with E-state index in [1.807, 2.05) is 0 Å². The van der Waals surface area contributed by atoms with Crippen LogP contribution in [-0.4, -0.2) is 32.0 Å². The molecule has 6 heteroatoms. The van der Waals surface area contributed by atoms with Crippen LogP contribution in [-0.2, 0) is 18.1 Å². The van der Waals surface area contributed by atoms with Crippen LogP contribution in [0.1, 0.15) is 6.92 Å². The summed E-state index contributed by atoms with van der Waals surface area (Å²) in [6, 6.07) is 0. The lowest BCUT2D eigenvalue weighted by atomic mass is 10.8. The molecule has 1 unspecified atom stereocenters. The molecule has 1 N–H and O–H groups in total. The van der Waals surface area contributed by atoms with E-state index >= 15 is 0 Å². The largest absolute Gasteiger partial charge is 0.474 e. The molecular weight excluding hydrogens is 171 g/mol. The Morgan fingerprint density at radius 1 is 1.45 bits per heavy atom. The van der Waals surface area contributed by atoms with Crippen molar-refractivity contribution in [2.45, 2.75) is 6.92 Å². The molecule has 0 aliphatic heterocycles. The van der Waals surface area contributed by atoms with Gasteiger partial charge >= 0.3 is 7.82 Å². The summed E-state index contributed by atoms with van der Waals surface area (Å²) in [5, 5.41) is 8.34. The van der Waals surface area contributed by atoms with E-state index in [1.54, 1.807) is 6.92 Å². The Morgan fingerprint density at radius 3 is 2.45 bits per heavy atom. The van der Waals surface area contributed by atoms with Gasteiger partial charge in [-0.15, -0.1) is 0 Å². The lowest BCUT2D eigenvalue weighted by Crippen LogP contribution is -2.01. The molecule has 0 spiro atoms. The zero-order valence-electron chi connectivity index (χ0n) is 6.65. The van der Waals surface area contributed by atoms with Crippen LogP contribution in [0.25, 0.3) is 0 Å². The van der Waals surface area contributed by atoms with Crippen molar-refractivity contribution in [1.29, 1.82) is 0 Å². The number of hydrogen-bond donors (Lipinski definition) is 1. The summed E-state index contributed by atoms with van der Waals surface area (Å²) in [7, 11) is -2.15. The van der Waals surface area contributed by atoms with E-state index in [4.69, 9.17) is 5.11 Å². The van der Waals surface area contributed by atoms with Crippen LogP contribution >= 0.6 is 7.82 Å². The summed E-state index contributed by atoms with van der Waals surface area (Å²) in [6.45, 7) is 1.66. The van der Waals surface area contributed by atoms with Gasteiger partial charge in [-0.05, 0) is 6.92 Å². The fourth-order valence-corrected chi connectivity index (χ4v) is 1.36. The number of aliphatic hydroxyl groups is 1. The van der Waals surface area contributed by atoms with Crippen molar-refractivity contribution >= 4 is 7.82 Å². The van der Waals surface area contributed by atoms with Crippen LogP contribution in [0.15, 0.2) is 0 Å². The molecule has 0 saturated heterocycles. The number of phosphoric acid groups is 1. The van der Waals surface area contributed by atoms with Gasteiger partial charge in [0.2, 0.25) is 0 Å². The van der Waals surface area contributed by atoms with Gasteiger partial charge in [0.15, 0.2) is 0 Å². The van der Waals surface area contributed by atoms with E-state index in [9.17, 15) is 4.57 Å². The van der Waals surface area contributed by atoms with Crippen LogP contribution < -0.4 is 0 Å². The molecule has 0 aromatic rings. The van der Waals surface area contributed by atoms with Gasteiger partial charge in [0, 0.05) is 7.11 Å². The second-order valence-electron chi connectivity index (χ2n) is 1.60. The highest BCUT2D eigenvalue weighted by atomic mass is 31.2. The average molecular weight is 184 g/mol. The van der Waals surface area contributed by atoms with Gasteiger partial charge in [-0.2, -0.15) is 0 Å². The molecule has 1 atom stereocenters.